The molecule has 4 atom stereocenters. The first kappa shape index (κ1) is 30.3. The monoisotopic (exact) mass is 631 g/mol. The Labute approximate surface area is 246 Å². The zero-order valence-corrected chi connectivity index (χ0v) is 25.3. The molecule has 2 aliphatic rings. The molecule has 1 saturated carbocycles. The van der Waals surface area contributed by atoms with E-state index in [1.807, 2.05) is 0 Å². The van der Waals surface area contributed by atoms with E-state index in [0.717, 1.165) is 0 Å². The Morgan fingerprint density at radius 1 is 1.22 bits per heavy atom. The van der Waals surface area contributed by atoms with Crippen LogP contribution in [0.1, 0.15) is 44.1 Å². The highest BCUT2D eigenvalue weighted by atomic mass is 79.9. The lowest BCUT2D eigenvalue weighted by Crippen LogP contribution is -2.53. The molecule has 1 aliphatic carbocycles. The van der Waals surface area contributed by atoms with Crippen molar-refractivity contribution in [3.63, 3.8) is 0 Å². The maximum atomic E-state index is 13.6. The van der Waals surface area contributed by atoms with Crippen molar-refractivity contribution in [3.05, 3.63) is 42.6 Å². The predicted molar refractivity (Wildman–Crippen MR) is 153 cm³/mol. The number of carbonyl (C=O) groups excluding carboxylic acids is 4. The zero-order valence-electron chi connectivity index (χ0n) is 23.7. The highest BCUT2D eigenvalue weighted by Gasteiger charge is 2.62. The van der Waals surface area contributed by atoms with Gasteiger partial charge in [-0.15, -0.1) is 6.58 Å². The number of benzene rings is 1. The summed E-state index contributed by atoms with van der Waals surface area (Å²) >= 11 is 3.18. The van der Waals surface area contributed by atoms with Gasteiger partial charge in [-0.05, 0) is 39.3 Å². The minimum absolute atomic E-state index is 0.0325. The molecule has 2 aromatic rings. The average Bonchev–Trinajstić information content (AvgIpc) is 3.48. The number of likely N-dealkylation sites (tertiary alicyclic amines) is 1. The first-order chi connectivity index (χ1) is 19.3. The molecular formula is C29H34BrN3O8. The van der Waals surface area contributed by atoms with E-state index in [2.05, 4.69) is 32.8 Å². The number of Topliss-reactive ketones (excluding diaryl/α,β-unsaturated/α-hetero) is 1. The number of aromatic nitrogens is 1. The van der Waals surface area contributed by atoms with Crippen LogP contribution in [0.25, 0.3) is 10.9 Å². The number of nitrogens with zero attached hydrogens (tertiary/aromatic N) is 2. The second-order valence-electron chi connectivity index (χ2n) is 11.1. The van der Waals surface area contributed by atoms with E-state index in [9.17, 15) is 19.2 Å². The van der Waals surface area contributed by atoms with Crippen LogP contribution in [0.4, 0.5) is 4.79 Å². The quantitative estimate of drug-likeness (QED) is 0.190. The molecular weight excluding hydrogens is 598 g/mol. The number of alkyl halides is 1. The Bertz CT molecular complexity index is 1390. The van der Waals surface area contributed by atoms with Crippen molar-refractivity contribution in [3.8, 4) is 11.5 Å². The first-order valence-corrected chi connectivity index (χ1v) is 14.2. The molecule has 220 valence electrons. The lowest BCUT2D eigenvalue weighted by molar-refractivity contribution is -0.147. The summed E-state index contributed by atoms with van der Waals surface area (Å²) < 4.78 is 22.2. The largest absolute Gasteiger partial charge is 0.497 e. The Kier molecular flexibility index (Phi) is 8.62. The van der Waals surface area contributed by atoms with Crippen LogP contribution in [0, 0.1) is 5.92 Å². The van der Waals surface area contributed by atoms with E-state index >= 15 is 0 Å². The van der Waals surface area contributed by atoms with Crippen molar-refractivity contribution >= 4 is 50.6 Å². The number of nitrogens with one attached hydrogen (secondary N) is 1. The highest BCUT2D eigenvalue weighted by molar-refractivity contribution is 9.09. The second-order valence-corrected chi connectivity index (χ2v) is 11.6. The summed E-state index contributed by atoms with van der Waals surface area (Å²) in [5, 5.41) is 3.50. The lowest BCUT2D eigenvalue weighted by atomic mass is 10.1. The number of halogens is 1. The van der Waals surface area contributed by atoms with Gasteiger partial charge < -0.3 is 24.3 Å². The zero-order chi connectivity index (χ0) is 30.1. The van der Waals surface area contributed by atoms with Gasteiger partial charge in [0, 0.05) is 29.9 Å². The lowest BCUT2D eigenvalue weighted by Gasteiger charge is -2.28. The molecule has 2 heterocycles. The molecule has 0 bridgehead atoms. The summed E-state index contributed by atoms with van der Waals surface area (Å²) in [6, 6.07) is 5.78. The van der Waals surface area contributed by atoms with Crippen LogP contribution in [0.5, 0.6) is 11.5 Å². The van der Waals surface area contributed by atoms with E-state index in [0.29, 0.717) is 28.8 Å². The fourth-order valence-corrected chi connectivity index (χ4v) is 5.22. The van der Waals surface area contributed by atoms with Crippen molar-refractivity contribution in [1.82, 2.24) is 15.2 Å². The van der Waals surface area contributed by atoms with Crippen molar-refractivity contribution in [2.45, 2.75) is 56.9 Å². The average molecular weight is 633 g/mol. The van der Waals surface area contributed by atoms with Crippen LogP contribution in [-0.2, 0) is 19.1 Å². The maximum Gasteiger partial charge on any atom is 0.411 e. The normalized spacial score (nSPS) is 23.5. The minimum atomic E-state index is -1.22. The Hall–Kier alpha value is -3.67. The van der Waals surface area contributed by atoms with Gasteiger partial charge in [0.05, 0.1) is 31.6 Å². The fourth-order valence-electron chi connectivity index (χ4n) is 4.93. The molecule has 41 heavy (non-hydrogen) atoms. The third kappa shape index (κ3) is 6.32. The first-order valence-electron chi connectivity index (χ1n) is 13.1. The molecule has 1 unspecified atom stereocenters. The van der Waals surface area contributed by atoms with Gasteiger partial charge in [0.15, 0.2) is 5.78 Å². The molecule has 2 fully saturated rings. The van der Waals surface area contributed by atoms with E-state index in [1.54, 1.807) is 51.1 Å². The van der Waals surface area contributed by atoms with Gasteiger partial charge in [-0.2, -0.15) is 0 Å². The van der Waals surface area contributed by atoms with Crippen LogP contribution in [0.15, 0.2) is 36.9 Å². The molecule has 4 rings (SSSR count). The van der Waals surface area contributed by atoms with E-state index < -0.39 is 41.3 Å². The third-order valence-corrected chi connectivity index (χ3v) is 7.58. The van der Waals surface area contributed by atoms with Gasteiger partial charge in [-0.25, -0.2) is 14.6 Å². The van der Waals surface area contributed by atoms with Crippen molar-refractivity contribution in [2.75, 3.05) is 26.1 Å². The smallest absolute Gasteiger partial charge is 0.411 e. The van der Waals surface area contributed by atoms with Crippen molar-refractivity contribution in [1.29, 1.82) is 0 Å². The number of rotatable bonds is 9. The van der Waals surface area contributed by atoms with Crippen LogP contribution < -0.4 is 14.8 Å². The van der Waals surface area contributed by atoms with E-state index in [-0.39, 0.29) is 35.7 Å². The second kappa shape index (κ2) is 11.7. The summed E-state index contributed by atoms with van der Waals surface area (Å²) in [5.74, 6) is -0.701. The van der Waals surface area contributed by atoms with E-state index in [4.69, 9.17) is 18.9 Å². The van der Waals surface area contributed by atoms with Gasteiger partial charge >= 0.3 is 12.1 Å². The summed E-state index contributed by atoms with van der Waals surface area (Å²) in [4.78, 5) is 57.6. The number of ether oxygens (including phenoxy) is 4. The number of hydrogen-bond donors (Lipinski definition) is 1. The summed E-state index contributed by atoms with van der Waals surface area (Å²) in [7, 11) is 2.79. The van der Waals surface area contributed by atoms with Gasteiger partial charge in [-0.1, -0.05) is 22.0 Å². The molecule has 1 aromatic heterocycles. The number of ketones is 1. The number of fused-ring (bicyclic) bond motifs is 1. The molecule has 1 saturated heterocycles. The molecule has 1 aromatic carbocycles. The molecule has 11 nitrogen and oxygen atoms in total. The van der Waals surface area contributed by atoms with Crippen molar-refractivity contribution < 1.29 is 38.1 Å². The minimum Gasteiger partial charge on any atom is -0.497 e. The fraction of sp³-hybridized carbons (Fsp3) is 0.483. The van der Waals surface area contributed by atoms with Gasteiger partial charge in [0.25, 0.3) is 0 Å². The molecule has 0 radical (unpaired) electrons. The number of carbonyl (C=O) groups is 4. The van der Waals surface area contributed by atoms with Gasteiger partial charge in [0.2, 0.25) is 5.91 Å². The number of pyridine rings is 1. The standard InChI is InChI=1S/C29H34BrN3O8/c1-7-16-13-29(16,26(36)39-6)32-25(35)22-11-18(15-33(22)27(37)41-28(2,3)4)40-24-12-21(23(34)14-30)31-20-10-17(38-5)8-9-19(20)24/h7-10,12,16,18,22H,1,11,13-15H2,2-6H3,(H,32,35)/t16-,18?,22-,29+/m0/s1. The molecule has 1 aliphatic heterocycles. The van der Waals surface area contributed by atoms with Gasteiger partial charge in [0.1, 0.15) is 40.5 Å². The van der Waals surface area contributed by atoms with Crippen LogP contribution in [-0.4, -0.2) is 83.0 Å². The molecule has 12 heteroatoms. The molecule has 1 N–H and O–H groups in total. The number of methoxy groups -OCH3 is 2. The number of amides is 2. The van der Waals surface area contributed by atoms with Crippen molar-refractivity contribution in [2.24, 2.45) is 5.92 Å². The van der Waals surface area contributed by atoms with Crippen LogP contribution in [0.3, 0.4) is 0 Å². The van der Waals surface area contributed by atoms with Crippen LogP contribution in [0.2, 0.25) is 0 Å². The SMILES string of the molecule is C=C[C@H]1C[C@]1(NC(=O)[C@@H]1CC(Oc2cc(C(=O)CBr)nc3cc(OC)ccc23)CN1C(=O)OC(C)(C)C)C(=O)OC. The Morgan fingerprint density at radius 2 is 1.95 bits per heavy atom. The van der Waals surface area contributed by atoms with Crippen LogP contribution >= 0.6 is 15.9 Å². The number of esters is 1. The molecule has 2 amide bonds. The summed E-state index contributed by atoms with van der Waals surface area (Å²) in [6.45, 7) is 8.97. The van der Waals surface area contributed by atoms with Gasteiger partial charge in [-0.3, -0.25) is 14.5 Å². The maximum absolute atomic E-state index is 13.6. The predicted octanol–water partition coefficient (Wildman–Crippen LogP) is 3.81. The highest BCUT2D eigenvalue weighted by Crippen LogP contribution is 2.45. The Morgan fingerprint density at radius 3 is 2.54 bits per heavy atom. The summed E-state index contributed by atoms with van der Waals surface area (Å²) in [5.41, 5.74) is -1.35. The Balaban J connectivity index is 1.65. The van der Waals surface area contributed by atoms with E-state index in [1.165, 1.54) is 19.1 Å². The number of hydrogen-bond acceptors (Lipinski definition) is 9. The summed E-state index contributed by atoms with van der Waals surface area (Å²) in [6.07, 6.45) is 0.736. The molecule has 0 spiro atoms. The topological polar surface area (TPSA) is 133 Å². The third-order valence-electron chi connectivity index (χ3n) is 7.07.